The van der Waals surface area contributed by atoms with Gasteiger partial charge in [-0.25, -0.2) is 4.99 Å². The van der Waals surface area contributed by atoms with E-state index in [4.69, 9.17) is 10.2 Å². The van der Waals surface area contributed by atoms with Gasteiger partial charge >= 0.3 is 0 Å². The minimum Gasteiger partial charge on any atom is -0.459 e. The number of carbonyl (C=O) groups is 1. The average molecular weight is 328 g/mol. The summed E-state index contributed by atoms with van der Waals surface area (Å²) in [5.41, 5.74) is 7.54. The van der Waals surface area contributed by atoms with Gasteiger partial charge in [0.05, 0.1) is 12.8 Å². The molecule has 0 saturated carbocycles. The van der Waals surface area contributed by atoms with Crippen molar-refractivity contribution in [3.05, 3.63) is 54.0 Å². The van der Waals surface area contributed by atoms with Crippen LogP contribution in [0.15, 0.2) is 52.1 Å². The van der Waals surface area contributed by atoms with E-state index in [-0.39, 0.29) is 11.7 Å². The van der Waals surface area contributed by atoms with Gasteiger partial charge < -0.3 is 20.8 Å². The van der Waals surface area contributed by atoms with Gasteiger partial charge in [0.1, 0.15) is 0 Å². The standard InChI is InChI=1S/C18H24N4O2/c1-13(2)9-10-20-18(19)21-12-14-5-7-15(8-6-14)22-17(23)16-4-3-11-24-16/h3-8,11,13H,9-10,12H2,1-2H3,(H,22,23)(H3,19,20,21). The SMILES string of the molecule is CC(C)CCNC(N)=NCc1ccc(NC(=O)c2ccco2)cc1. The third-order valence-electron chi connectivity index (χ3n) is 3.42. The van der Waals surface area contributed by atoms with Crippen molar-refractivity contribution in [2.45, 2.75) is 26.8 Å². The number of anilines is 1. The summed E-state index contributed by atoms with van der Waals surface area (Å²) in [6, 6.07) is 10.8. The number of aliphatic imine (C=N–C) groups is 1. The Morgan fingerprint density at radius 3 is 2.62 bits per heavy atom. The largest absolute Gasteiger partial charge is 0.459 e. The van der Waals surface area contributed by atoms with Crippen LogP contribution in [0.3, 0.4) is 0 Å². The summed E-state index contributed by atoms with van der Waals surface area (Å²) in [5, 5.41) is 5.87. The molecule has 6 heteroatoms. The average Bonchev–Trinajstić information content (AvgIpc) is 3.08. The number of nitrogens with two attached hydrogens (primary N) is 1. The third kappa shape index (κ3) is 5.79. The quantitative estimate of drug-likeness (QED) is 0.538. The Labute approximate surface area is 142 Å². The first-order valence-electron chi connectivity index (χ1n) is 8.02. The molecule has 2 rings (SSSR count). The summed E-state index contributed by atoms with van der Waals surface area (Å²) in [7, 11) is 0. The van der Waals surface area contributed by atoms with Gasteiger partial charge in [-0.3, -0.25) is 4.79 Å². The second-order valence-corrected chi connectivity index (χ2v) is 5.94. The second kappa shape index (κ2) is 8.76. The van der Waals surface area contributed by atoms with E-state index < -0.39 is 0 Å². The Kier molecular flexibility index (Phi) is 6.42. The predicted molar refractivity (Wildman–Crippen MR) is 95.9 cm³/mol. The molecule has 1 aromatic carbocycles. The first-order valence-corrected chi connectivity index (χ1v) is 8.02. The number of hydrogen-bond donors (Lipinski definition) is 3. The van der Waals surface area contributed by atoms with E-state index in [1.807, 2.05) is 24.3 Å². The number of guanidine groups is 1. The van der Waals surface area contributed by atoms with Crippen LogP contribution in [0.25, 0.3) is 0 Å². The Hall–Kier alpha value is -2.76. The van der Waals surface area contributed by atoms with Gasteiger partial charge in [-0.15, -0.1) is 0 Å². The molecule has 1 amide bonds. The lowest BCUT2D eigenvalue weighted by Crippen LogP contribution is -2.32. The maximum absolute atomic E-state index is 11.9. The van der Waals surface area contributed by atoms with Crippen molar-refractivity contribution in [3.63, 3.8) is 0 Å². The molecular formula is C18H24N4O2. The highest BCUT2D eigenvalue weighted by molar-refractivity contribution is 6.02. The molecule has 1 aromatic heterocycles. The van der Waals surface area contributed by atoms with Crippen LogP contribution in [-0.2, 0) is 6.54 Å². The molecule has 0 unspecified atom stereocenters. The molecule has 0 aliphatic heterocycles. The zero-order chi connectivity index (χ0) is 17.4. The maximum Gasteiger partial charge on any atom is 0.291 e. The van der Waals surface area contributed by atoms with Crippen LogP contribution in [0.1, 0.15) is 36.4 Å². The van der Waals surface area contributed by atoms with Crippen LogP contribution in [0.2, 0.25) is 0 Å². The topological polar surface area (TPSA) is 92.6 Å². The molecule has 0 bridgehead atoms. The lowest BCUT2D eigenvalue weighted by molar-refractivity contribution is 0.0996. The van der Waals surface area contributed by atoms with Crippen molar-refractivity contribution in [3.8, 4) is 0 Å². The molecule has 0 radical (unpaired) electrons. The van der Waals surface area contributed by atoms with Crippen molar-refractivity contribution in [1.82, 2.24) is 5.32 Å². The van der Waals surface area contributed by atoms with E-state index in [1.165, 1.54) is 6.26 Å². The molecule has 0 aliphatic rings. The van der Waals surface area contributed by atoms with Gasteiger partial charge in [0.15, 0.2) is 11.7 Å². The van der Waals surface area contributed by atoms with E-state index >= 15 is 0 Å². The molecule has 0 spiro atoms. The van der Waals surface area contributed by atoms with Crippen molar-refractivity contribution in [1.29, 1.82) is 0 Å². The first kappa shape index (κ1) is 17.6. The summed E-state index contributed by atoms with van der Waals surface area (Å²) in [6.45, 7) is 5.65. The Morgan fingerprint density at radius 1 is 1.25 bits per heavy atom. The fraction of sp³-hybridized carbons (Fsp3) is 0.333. The fourth-order valence-corrected chi connectivity index (χ4v) is 2.02. The van der Waals surface area contributed by atoms with E-state index in [0.717, 1.165) is 18.5 Å². The molecule has 128 valence electrons. The van der Waals surface area contributed by atoms with E-state index in [1.54, 1.807) is 12.1 Å². The molecule has 0 aliphatic carbocycles. The summed E-state index contributed by atoms with van der Waals surface area (Å²) < 4.78 is 5.05. The van der Waals surface area contributed by atoms with Crippen molar-refractivity contribution in [2.75, 3.05) is 11.9 Å². The van der Waals surface area contributed by atoms with E-state index in [2.05, 4.69) is 29.5 Å². The molecule has 2 aromatic rings. The van der Waals surface area contributed by atoms with Gasteiger partial charge in [0.25, 0.3) is 5.91 Å². The third-order valence-corrected chi connectivity index (χ3v) is 3.42. The minimum atomic E-state index is -0.274. The van der Waals surface area contributed by atoms with Crippen LogP contribution in [0.4, 0.5) is 5.69 Å². The van der Waals surface area contributed by atoms with Crippen LogP contribution in [0, 0.1) is 5.92 Å². The number of amides is 1. The van der Waals surface area contributed by atoms with Gasteiger partial charge in [-0.1, -0.05) is 26.0 Å². The number of carbonyl (C=O) groups excluding carboxylic acids is 1. The fourth-order valence-electron chi connectivity index (χ4n) is 2.02. The highest BCUT2D eigenvalue weighted by Gasteiger charge is 2.08. The van der Waals surface area contributed by atoms with Crippen molar-refractivity contribution >= 4 is 17.6 Å². The molecule has 0 fully saturated rings. The Balaban J connectivity index is 1.82. The molecule has 4 N–H and O–H groups in total. The summed E-state index contributed by atoms with van der Waals surface area (Å²) >= 11 is 0. The lowest BCUT2D eigenvalue weighted by atomic mass is 10.1. The van der Waals surface area contributed by atoms with Gasteiger partial charge in [0, 0.05) is 12.2 Å². The van der Waals surface area contributed by atoms with Crippen LogP contribution >= 0.6 is 0 Å². The summed E-state index contributed by atoms with van der Waals surface area (Å²) in [5.74, 6) is 1.09. The monoisotopic (exact) mass is 328 g/mol. The smallest absolute Gasteiger partial charge is 0.291 e. The van der Waals surface area contributed by atoms with Crippen molar-refractivity contribution < 1.29 is 9.21 Å². The lowest BCUT2D eigenvalue weighted by Gasteiger charge is -2.08. The normalized spacial score (nSPS) is 11.5. The maximum atomic E-state index is 11.9. The Morgan fingerprint density at radius 2 is 2.00 bits per heavy atom. The van der Waals surface area contributed by atoms with Crippen LogP contribution < -0.4 is 16.4 Å². The van der Waals surface area contributed by atoms with Gasteiger partial charge in [-0.05, 0) is 42.2 Å². The highest BCUT2D eigenvalue weighted by Crippen LogP contribution is 2.12. The number of hydrogen-bond acceptors (Lipinski definition) is 3. The number of nitrogens with one attached hydrogen (secondary N) is 2. The summed E-state index contributed by atoms with van der Waals surface area (Å²) in [6.07, 6.45) is 2.52. The highest BCUT2D eigenvalue weighted by atomic mass is 16.3. The van der Waals surface area contributed by atoms with Crippen LogP contribution in [-0.4, -0.2) is 18.4 Å². The molecule has 24 heavy (non-hydrogen) atoms. The number of nitrogens with zero attached hydrogens (tertiary/aromatic N) is 1. The molecular weight excluding hydrogens is 304 g/mol. The molecule has 6 nitrogen and oxygen atoms in total. The Bertz CT molecular complexity index is 661. The van der Waals surface area contributed by atoms with E-state index in [9.17, 15) is 4.79 Å². The number of rotatable bonds is 7. The van der Waals surface area contributed by atoms with E-state index in [0.29, 0.717) is 24.1 Å². The molecule has 0 saturated heterocycles. The molecule has 0 atom stereocenters. The molecule has 1 heterocycles. The second-order valence-electron chi connectivity index (χ2n) is 5.94. The zero-order valence-electron chi connectivity index (χ0n) is 14.1. The number of benzene rings is 1. The van der Waals surface area contributed by atoms with Crippen molar-refractivity contribution in [2.24, 2.45) is 16.6 Å². The predicted octanol–water partition coefficient (Wildman–Crippen LogP) is 2.98. The van der Waals surface area contributed by atoms with Crippen LogP contribution in [0.5, 0.6) is 0 Å². The number of furan rings is 1. The first-order chi connectivity index (χ1) is 11.5. The zero-order valence-corrected chi connectivity index (χ0v) is 14.1. The van der Waals surface area contributed by atoms with Gasteiger partial charge in [-0.2, -0.15) is 0 Å². The minimum absolute atomic E-state index is 0.274. The van der Waals surface area contributed by atoms with Gasteiger partial charge in [0.2, 0.25) is 0 Å². The summed E-state index contributed by atoms with van der Waals surface area (Å²) in [4.78, 5) is 16.2.